The van der Waals surface area contributed by atoms with Crippen LogP contribution in [0.25, 0.3) is 10.9 Å². The van der Waals surface area contributed by atoms with Gasteiger partial charge in [-0.25, -0.2) is 4.98 Å². The van der Waals surface area contributed by atoms with Crippen LogP contribution in [0.2, 0.25) is 0 Å². The van der Waals surface area contributed by atoms with E-state index in [-0.39, 0.29) is 0 Å². The smallest absolute Gasteiger partial charge is 0.227 e. The maximum Gasteiger partial charge on any atom is 0.227 e. The Morgan fingerprint density at radius 2 is 1.68 bits per heavy atom. The van der Waals surface area contributed by atoms with Gasteiger partial charge in [0.2, 0.25) is 5.95 Å². The van der Waals surface area contributed by atoms with Crippen molar-refractivity contribution in [1.29, 1.82) is 0 Å². The molecule has 2 aromatic rings. The first kappa shape index (κ1) is 21.9. The number of piperazine rings is 1. The summed E-state index contributed by atoms with van der Waals surface area (Å²) in [7, 11) is 3.32. The van der Waals surface area contributed by atoms with Gasteiger partial charge in [0.15, 0.2) is 11.5 Å². The summed E-state index contributed by atoms with van der Waals surface area (Å²) in [5, 5.41) is 7.97. The predicted octanol–water partition coefficient (Wildman–Crippen LogP) is 2.73. The minimum atomic E-state index is 0.694. The van der Waals surface area contributed by atoms with Gasteiger partial charge in [-0.1, -0.05) is 6.42 Å². The van der Waals surface area contributed by atoms with Gasteiger partial charge in [-0.15, -0.1) is 0 Å². The van der Waals surface area contributed by atoms with Crippen molar-refractivity contribution in [3.05, 3.63) is 12.1 Å². The van der Waals surface area contributed by atoms with E-state index >= 15 is 0 Å². The van der Waals surface area contributed by atoms with Gasteiger partial charge in [0, 0.05) is 57.3 Å². The Hall–Kier alpha value is -2.32. The fourth-order valence-electron chi connectivity index (χ4n) is 4.42. The number of aromatic nitrogens is 2. The van der Waals surface area contributed by atoms with Crippen LogP contribution in [0.5, 0.6) is 11.5 Å². The van der Waals surface area contributed by atoms with Crippen molar-refractivity contribution in [3.8, 4) is 11.5 Å². The van der Waals surface area contributed by atoms with E-state index in [0.717, 1.165) is 61.8 Å². The van der Waals surface area contributed by atoms with E-state index < -0.39 is 0 Å². The highest BCUT2D eigenvalue weighted by molar-refractivity contribution is 5.92. The zero-order chi connectivity index (χ0) is 21.5. The molecule has 2 fully saturated rings. The van der Waals surface area contributed by atoms with E-state index in [1.807, 2.05) is 12.1 Å². The molecule has 2 aliphatic heterocycles. The Balaban J connectivity index is 1.42. The van der Waals surface area contributed by atoms with Gasteiger partial charge < -0.3 is 29.9 Å². The molecule has 0 radical (unpaired) electrons. The Kier molecular flexibility index (Phi) is 7.64. The molecule has 0 saturated carbocycles. The van der Waals surface area contributed by atoms with Gasteiger partial charge in [0.25, 0.3) is 0 Å². The first-order chi connectivity index (χ1) is 15.3. The van der Waals surface area contributed by atoms with Crippen molar-refractivity contribution in [1.82, 2.24) is 20.2 Å². The minimum absolute atomic E-state index is 0.694. The van der Waals surface area contributed by atoms with Crippen molar-refractivity contribution in [2.75, 3.05) is 76.8 Å². The molecule has 8 heteroatoms. The molecule has 0 atom stereocenters. The average Bonchev–Trinajstić information content (AvgIpc) is 3.36. The Morgan fingerprint density at radius 1 is 0.935 bits per heavy atom. The van der Waals surface area contributed by atoms with Crippen LogP contribution in [-0.4, -0.2) is 81.4 Å². The number of hydrogen-bond acceptors (Lipinski definition) is 8. The number of rotatable bonds is 10. The lowest BCUT2D eigenvalue weighted by molar-refractivity contribution is 0.236. The third-order valence-electron chi connectivity index (χ3n) is 6.23. The van der Waals surface area contributed by atoms with Gasteiger partial charge in [-0.05, 0) is 38.3 Å². The van der Waals surface area contributed by atoms with Gasteiger partial charge in [-0.2, -0.15) is 4.98 Å². The Bertz CT molecular complexity index is 850. The summed E-state index contributed by atoms with van der Waals surface area (Å²) >= 11 is 0. The van der Waals surface area contributed by atoms with Crippen LogP contribution < -0.4 is 25.0 Å². The van der Waals surface area contributed by atoms with E-state index in [4.69, 9.17) is 19.4 Å². The van der Waals surface area contributed by atoms with Crippen molar-refractivity contribution in [2.45, 2.75) is 32.1 Å². The quantitative estimate of drug-likeness (QED) is 0.560. The van der Waals surface area contributed by atoms with Crippen molar-refractivity contribution in [2.24, 2.45) is 0 Å². The predicted molar refractivity (Wildman–Crippen MR) is 126 cm³/mol. The zero-order valence-electron chi connectivity index (χ0n) is 19.0. The SMILES string of the molecule is COc1cc2nc(N3CCCC3)nc(NCCCCCN3CCNCC3)c2cc1OC. The van der Waals surface area contributed by atoms with Crippen molar-refractivity contribution >= 4 is 22.7 Å². The minimum Gasteiger partial charge on any atom is -0.493 e. The summed E-state index contributed by atoms with van der Waals surface area (Å²) in [6, 6.07) is 3.93. The molecule has 8 nitrogen and oxygen atoms in total. The topological polar surface area (TPSA) is 74.8 Å². The summed E-state index contributed by atoms with van der Waals surface area (Å²) in [6.07, 6.45) is 5.99. The first-order valence-corrected chi connectivity index (χ1v) is 11.6. The third kappa shape index (κ3) is 5.49. The summed E-state index contributed by atoms with van der Waals surface area (Å²) in [5.41, 5.74) is 0.885. The number of fused-ring (bicyclic) bond motifs is 1. The van der Waals surface area contributed by atoms with Gasteiger partial charge >= 0.3 is 0 Å². The van der Waals surface area contributed by atoms with Gasteiger partial charge in [0.1, 0.15) is 5.82 Å². The number of ether oxygens (including phenoxy) is 2. The summed E-state index contributed by atoms with van der Waals surface area (Å²) < 4.78 is 11.0. The summed E-state index contributed by atoms with van der Waals surface area (Å²) in [6.45, 7) is 8.74. The molecule has 2 N–H and O–H groups in total. The van der Waals surface area contributed by atoms with E-state index in [9.17, 15) is 0 Å². The molecule has 0 amide bonds. The first-order valence-electron chi connectivity index (χ1n) is 11.6. The second kappa shape index (κ2) is 10.8. The number of nitrogens with zero attached hydrogens (tertiary/aromatic N) is 4. The maximum absolute atomic E-state index is 5.52. The number of methoxy groups -OCH3 is 2. The highest BCUT2D eigenvalue weighted by Gasteiger charge is 2.19. The molecule has 3 heterocycles. The molecule has 0 aliphatic carbocycles. The normalized spacial score (nSPS) is 17.3. The molecule has 0 unspecified atom stereocenters. The molecule has 0 bridgehead atoms. The molecule has 0 spiro atoms. The molecule has 31 heavy (non-hydrogen) atoms. The van der Waals surface area contributed by atoms with Gasteiger partial charge in [-0.3, -0.25) is 0 Å². The number of hydrogen-bond donors (Lipinski definition) is 2. The fourth-order valence-corrected chi connectivity index (χ4v) is 4.42. The average molecular weight is 429 g/mol. The molecule has 2 aliphatic rings. The fraction of sp³-hybridized carbons (Fsp3) is 0.652. The molecule has 170 valence electrons. The number of nitrogens with one attached hydrogen (secondary N) is 2. The Morgan fingerprint density at radius 3 is 2.42 bits per heavy atom. The van der Waals surface area contributed by atoms with E-state index in [0.29, 0.717) is 11.5 Å². The van der Waals surface area contributed by atoms with Crippen LogP contribution in [0.3, 0.4) is 0 Å². The van der Waals surface area contributed by atoms with Crippen LogP contribution >= 0.6 is 0 Å². The monoisotopic (exact) mass is 428 g/mol. The van der Waals surface area contributed by atoms with Crippen LogP contribution in [0, 0.1) is 0 Å². The molecular weight excluding hydrogens is 392 g/mol. The van der Waals surface area contributed by atoms with Crippen molar-refractivity contribution < 1.29 is 9.47 Å². The number of benzene rings is 1. The van der Waals surface area contributed by atoms with E-state index in [1.165, 1.54) is 45.3 Å². The molecule has 4 rings (SSSR count). The second-order valence-electron chi connectivity index (χ2n) is 8.37. The number of unbranched alkanes of at least 4 members (excludes halogenated alkanes) is 2. The molecule has 1 aromatic carbocycles. The summed E-state index contributed by atoms with van der Waals surface area (Å²) in [4.78, 5) is 14.6. The van der Waals surface area contributed by atoms with Crippen LogP contribution in [0.4, 0.5) is 11.8 Å². The standard InChI is InChI=1S/C23H36N6O2/c1-30-20-16-18-19(17-21(20)31-2)26-23(29-12-6-7-13-29)27-22(18)25-8-4-3-5-11-28-14-9-24-10-15-28/h16-17,24H,3-15H2,1-2H3,(H,25,26,27). The van der Waals surface area contributed by atoms with Crippen molar-refractivity contribution in [3.63, 3.8) is 0 Å². The maximum atomic E-state index is 5.52. The highest BCUT2D eigenvalue weighted by Crippen LogP contribution is 2.35. The van der Waals surface area contributed by atoms with E-state index in [2.05, 4.69) is 20.4 Å². The zero-order valence-corrected chi connectivity index (χ0v) is 19.0. The van der Waals surface area contributed by atoms with Crippen LogP contribution in [0.1, 0.15) is 32.1 Å². The second-order valence-corrected chi connectivity index (χ2v) is 8.37. The van der Waals surface area contributed by atoms with E-state index in [1.54, 1.807) is 14.2 Å². The lowest BCUT2D eigenvalue weighted by Gasteiger charge is -2.27. The lowest BCUT2D eigenvalue weighted by Crippen LogP contribution is -2.43. The summed E-state index contributed by atoms with van der Waals surface area (Å²) in [5.74, 6) is 3.08. The Labute approximate surface area is 185 Å². The van der Waals surface area contributed by atoms with Gasteiger partial charge in [0.05, 0.1) is 19.7 Å². The van der Waals surface area contributed by atoms with Crippen LogP contribution in [-0.2, 0) is 0 Å². The van der Waals surface area contributed by atoms with Crippen LogP contribution in [0.15, 0.2) is 12.1 Å². The lowest BCUT2D eigenvalue weighted by atomic mass is 10.2. The largest absolute Gasteiger partial charge is 0.493 e. The number of anilines is 2. The molecule has 2 saturated heterocycles. The molecule has 1 aromatic heterocycles. The highest BCUT2D eigenvalue weighted by atomic mass is 16.5. The molecular formula is C23H36N6O2. The third-order valence-corrected chi connectivity index (χ3v) is 6.23.